The molecule has 124 valence electrons. The smallest absolute Gasteiger partial charge is 0.158 e. The van der Waals surface area contributed by atoms with Crippen LogP contribution in [0, 0.1) is 16.7 Å². The molecular weight excluding hydrogens is 290 g/mol. The molecule has 0 saturated carbocycles. The number of nitrogens with zero attached hydrogens (tertiary/aromatic N) is 1. The molecular formula is C19H25NO3. The van der Waals surface area contributed by atoms with E-state index in [9.17, 15) is 5.26 Å². The molecule has 0 radical (unpaired) electrons. The van der Waals surface area contributed by atoms with Crippen LogP contribution < -0.4 is 4.74 Å². The van der Waals surface area contributed by atoms with Gasteiger partial charge in [0.05, 0.1) is 25.9 Å². The zero-order valence-electron chi connectivity index (χ0n) is 14.1. The minimum absolute atomic E-state index is 0.353. The van der Waals surface area contributed by atoms with E-state index in [-0.39, 0.29) is 0 Å². The van der Waals surface area contributed by atoms with Crippen LogP contribution in [0.2, 0.25) is 0 Å². The summed E-state index contributed by atoms with van der Waals surface area (Å²) in [7, 11) is 0. The first-order valence-electron chi connectivity index (χ1n) is 8.40. The summed E-state index contributed by atoms with van der Waals surface area (Å²) in [6.45, 7) is 6.68. The maximum atomic E-state index is 9.34. The summed E-state index contributed by atoms with van der Waals surface area (Å²) in [6.07, 6.45) is 3.51. The zero-order chi connectivity index (χ0) is 16.3. The lowest BCUT2D eigenvalue weighted by Gasteiger charge is -2.30. The predicted molar refractivity (Wildman–Crippen MR) is 87.5 cm³/mol. The first kappa shape index (κ1) is 16.3. The second-order valence-electron chi connectivity index (χ2n) is 7.36. The summed E-state index contributed by atoms with van der Waals surface area (Å²) >= 11 is 0. The second-order valence-corrected chi connectivity index (χ2v) is 7.36. The van der Waals surface area contributed by atoms with Crippen molar-refractivity contribution in [1.29, 1.82) is 5.26 Å². The molecule has 0 bridgehead atoms. The summed E-state index contributed by atoms with van der Waals surface area (Å²) in [4.78, 5) is 0. The van der Waals surface area contributed by atoms with Crippen molar-refractivity contribution < 1.29 is 14.2 Å². The Morgan fingerprint density at radius 3 is 2.61 bits per heavy atom. The van der Waals surface area contributed by atoms with Gasteiger partial charge in [0.2, 0.25) is 0 Å². The first-order chi connectivity index (χ1) is 11.0. The Balaban J connectivity index is 1.49. The summed E-state index contributed by atoms with van der Waals surface area (Å²) in [5, 5.41) is 9.34. The van der Waals surface area contributed by atoms with Gasteiger partial charge in [-0.05, 0) is 41.5 Å². The molecule has 0 unspecified atom stereocenters. The van der Waals surface area contributed by atoms with Crippen LogP contribution in [0.5, 0.6) is 5.75 Å². The number of ether oxygens (including phenoxy) is 3. The van der Waals surface area contributed by atoms with Gasteiger partial charge in [-0.25, -0.2) is 0 Å². The summed E-state index contributed by atoms with van der Waals surface area (Å²) in [5.41, 5.74) is 2.49. The van der Waals surface area contributed by atoms with Crippen molar-refractivity contribution in [3.63, 3.8) is 0 Å². The van der Waals surface area contributed by atoms with Gasteiger partial charge in [0.25, 0.3) is 0 Å². The molecule has 0 N–H and O–H groups in total. The van der Waals surface area contributed by atoms with E-state index in [0.717, 1.165) is 18.6 Å². The molecule has 1 heterocycles. The number of rotatable bonds is 5. The van der Waals surface area contributed by atoms with Crippen LogP contribution in [-0.4, -0.2) is 32.0 Å². The van der Waals surface area contributed by atoms with E-state index in [4.69, 9.17) is 14.2 Å². The molecule has 2 aliphatic rings. The maximum absolute atomic E-state index is 9.34. The fraction of sp³-hybridized carbons (Fsp3) is 0.632. The largest absolute Gasteiger partial charge is 0.491 e. The minimum Gasteiger partial charge on any atom is -0.491 e. The Morgan fingerprint density at radius 2 is 1.87 bits per heavy atom. The normalized spacial score (nSPS) is 21.4. The van der Waals surface area contributed by atoms with Gasteiger partial charge in [-0.15, -0.1) is 0 Å². The average Bonchev–Trinajstić information content (AvgIpc) is 2.85. The zero-order valence-corrected chi connectivity index (χ0v) is 14.1. The van der Waals surface area contributed by atoms with Crippen LogP contribution in [0.1, 0.15) is 37.8 Å². The Morgan fingerprint density at radius 1 is 1.13 bits per heavy atom. The van der Waals surface area contributed by atoms with Gasteiger partial charge in [-0.1, -0.05) is 19.9 Å². The topological polar surface area (TPSA) is 51.5 Å². The fourth-order valence-electron chi connectivity index (χ4n) is 3.51. The van der Waals surface area contributed by atoms with E-state index >= 15 is 0 Å². The lowest BCUT2D eigenvalue weighted by Crippen LogP contribution is -2.38. The number of hydrogen-bond donors (Lipinski definition) is 0. The molecule has 0 atom stereocenters. The Bertz CT molecular complexity index is 597. The Hall–Kier alpha value is -1.57. The van der Waals surface area contributed by atoms with Crippen molar-refractivity contribution in [2.24, 2.45) is 5.41 Å². The second kappa shape index (κ2) is 6.51. The number of fused-ring (bicyclic) bond motifs is 1. The molecule has 0 aromatic heterocycles. The van der Waals surface area contributed by atoms with Crippen molar-refractivity contribution in [3.05, 3.63) is 29.3 Å². The van der Waals surface area contributed by atoms with Crippen molar-refractivity contribution in [2.45, 2.75) is 45.1 Å². The molecule has 0 amide bonds. The van der Waals surface area contributed by atoms with E-state index in [0.29, 0.717) is 44.7 Å². The van der Waals surface area contributed by atoms with E-state index in [1.165, 1.54) is 11.1 Å². The molecule has 1 aliphatic heterocycles. The van der Waals surface area contributed by atoms with Gasteiger partial charge in [-0.3, -0.25) is 0 Å². The standard InChI is InChI=1S/C19H25NO3/c1-18(2)12-15-3-4-17(11-16(15)13-18)22-9-10-23-19(14-20)5-7-21-8-6-19/h3-4,11H,5-10,12-13H2,1-2H3. The Kier molecular flexibility index (Phi) is 4.61. The predicted octanol–water partition coefficient (Wildman–Crippen LogP) is 3.28. The molecule has 1 aliphatic carbocycles. The van der Waals surface area contributed by atoms with Gasteiger partial charge in [0.15, 0.2) is 5.60 Å². The summed E-state index contributed by atoms with van der Waals surface area (Å²) < 4.78 is 16.9. The number of hydrogen-bond acceptors (Lipinski definition) is 4. The number of nitriles is 1. The van der Waals surface area contributed by atoms with Gasteiger partial charge in [0.1, 0.15) is 12.4 Å². The van der Waals surface area contributed by atoms with E-state index < -0.39 is 5.60 Å². The molecule has 1 aromatic carbocycles. The average molecular weight is 315 g/mol. The van der Waals surface area contributed by atoms with Crippen LogP contribution >= 0.6 is 0 Å². The lowest BCUT2D eigenvalue weighted by molar-refractivity contribution is -0.0815. The summed E-state index contributed by atoms with van der Waals surface area (Å²) in [5.74, 6) is 0.892. The molecule has 4 nitrogen and oxygen atoms in total. The Labute approximate surface area is 138 Å². The van der Waals surface area contributed by atoms with Gasteiger partial charge in [-0.2, -0.15) is 5.26 Å². The van der Waals surface area contributed by atoms with Crippen molar-refractivity contribution in [1.82, 2.24) is 0 Å². The van der Waals surface area contributed by atoms with Gasteiger partial charge in [0, 0.05) is 12.8 Å². The van der Waals surface area contributed by atoms with Gasteiger partial charge >= 0.3 is 0 Å². The SMILES string of the molecule is CC1(C)Cc2ccc(OCCOC3(C#N)CCOCC3)cc2C1. The van der Waals surface area contributed by atoms with Crippen LogP contribution in [0.3, 0.4) is 0 Å². The third-order valence-electron chi connectivity index (χ3n) is 4.75. The van der Waals surface area contributed by atoms with Crippen LogP contribution in [0.4, 0.5) is 0 Å². The van der Waals surface area contributed by atoms with Gasteiger partial charge < -0.3 is 14.2 Å². The highest BCUT2D eigenvalue weighted by molar-refractivity contribution is 5.40. The van der Waals surface area contributed by atoms with Crippen LogP contribution in [-0.2, 0) is 22.3 Å². The van der Waals surface area contributed by atoms with Crippen LogP contribution in [0.15, 0.2) is 18.2 Å². The van der Waals surface area contributed by atoms with E-state index in [2.05, 4.69) is 32.0 Å². The highest BCUT2D eigenvalue weighted by Crippen LogP contribution is 2.37. The van der Waals surface area contributed by atoms with E-state index in [1.54, 1.807) is 0 Å². The maximum Gasteiger partial charge on any atom is 0.158 e. The van der Waals surface area contributed by atoms with Crippen molar-refractivity contribution in [2.75, 3.05) is 26.4 Å². The molecule has 3 rings (SSSR count). The van der Waals surface area contributed by atoms with Crippen molar-refractivity contribution in [3.8, 4) is 11.8 Å². The molecule has 4 heteroatoms. The highest BCUT2D eigenvalue weighted by atomic mass is 16.5. The molecule has 1 aromatic rings. The molecule has 23 heavy (non-hydrogen) atoms. The van der Waals surface area contributed by atoms with Crippen LogP contribution in [0.25, 0.3) is 0 Å². The molecule has 1 fully saturated rings. The monoisotopic (exact) mass is 315 g/mol. The minimum atomic E-state index is -0.691. The molecule has 1 saturated heterocycles. The third kappa shape index (κ3) is 3.85. The quantitative estimate of drug-likeness (QED) is 0.783. The first-order valence-corrected chi connectivity index (χ1v) is 8.40. The summed E-state index contributed by atoms with van der Waals surface area (Å²) in [6, 6.07) is 8.67. The number of benzene rings is 1. The fourth-order valence-corrected chi connectivity index (χ4v) is 3.51. The third-order valence-corrected chi connectivity index (χ3v) is 4.75. The lowest BCUT2D eigenvalue weighted by atomic mass is 9.90. The molecule has 0 spiro atoms. The highest BCUT2D eigenvalue weighted by Gasteiger charge is 2.33. The van der Waals surface area contributed by atoms with E-state index in [1.807, 2.05) is 6.07 Å². The van der Waals surface area contributed by atoms with Crippen molar-refractivity contribution >= 4 is 0 Å².